The summed E-state index contributed by atoms with van der Waals surface area (Å²) in [6, 6.07) is 5.86. The Morgan fingerprint density at radius 1 is 1.29 bits per heavy atom. The molecule has 2 rings (SSSR count). The molecule has 114 valence electrons. The molecular weight excluding hydrogens is 270 g/mol. The molecule has 21 heavy (non-hydrogen) atoms. The smallest absolute Gasteiger partial charge is 0.212 e. The number of ether oxygens (including phenoxy) is 2. The maximum Gasteiger partial charge on any atom is 0.212 e. The van der Waals surface area contributed by atoms with Crippen LogP contribution in [0.5, 0.6) is 11.5 Å². The number of rotatable bonds is 8. The van der Waals surface area contributed by atoms with Gasteiger partial charge in [0.1, 0.15) is 11.5 Å². The van der Waals surface area contributed by atoms with Crippen molar-refractivity contribution in [3.05, 3.63) is 29.6 Å². The molecule has 2 aromatic rings. The van der Waals surface area contributed by atoms with Crippen molar-refractivity contribution in [2.75, 3.05) is 13.7 Å². The Morgan fingerprint density at radius 2 is 2.14 bits per heavy atom. The van der Waals surface area contributed by atoms with Crippen LogP contribution in [0.15, 0.2) is 18.2 Å². The van der Waals surface area contributed by atoms with Crippen LogP contribution in [0.25, 0.3) is 0 Å². The van der Waals surface area contributed by atoms with Crippen LogP contribution in [-0.4, -0.2) is 33.9 Å². The topological polar surface area (TPSA) is 74.1 Å². The highest BCUT2D eigenvalue weighted by Gasteiger charge is 2.08. The number of benzene rings is 1. The van der Waals surface area contributed by atoms with E-state index in [2.05, 4.69) is 27.7 Å². The number of tetrazole rings is 1. The maximum absolute atomic E-state index is 5.81. The summed E-state index contributed by atoms with van der Waals surface area (Å²) in [7, 11) is 3.62. The van der Waals surface area contributed by atoms with Gasteiger partial charge in [-0.25, -0.2) is 0 Å². The van der Waals surface area contributed by atoms with Gasteiger partial charge in [0, 0.05) is 18.2 Å². The highest BCUT2D eigenvalue weighted by atomic mass is 16.5. The number of nitrogens with one attached hydrogen (secondary N) is 1. The van der Waals surface area contributed by atoms with Crippen molar-refractivity contribution in [3.63, 3.8) is 0 Å². The van der Waals surface area contributed by atoms with E-state index >= 15 is 0 Å². The molecule has 0 atom stereocenters. The van der Waals surface area contributed by atoms with Crippen molar-refractivity contribution >= 4 is 0 Å². The summed E-state index contributed by atoms with van der Waals surface area (Å²) in [5.74, 6) is 2.12. The number of hydrogen-bond donors (Lipinski definition) is 1. The van der Waals surface area contributed by atoms with Gasteiger partial charge in [-0.2, -0.15) is 4.80 Å². The normalized spacial score (nSPS) is 10.6. The molecule has 0 radical (unpaired) electrons. The monoisotopic (exact) mass is 291 g/mol. The van der Waals surface area contributed by atoms with Crippen molar-refractivity contribution in [1.29, 1.82) is 0 Å². The van der Waals surface area contributed by atoms with Gasteiger partial charge in [-0.1, -0.05) is 13.0 Å². The lowest BCUT2D eigenvalue weighted by atomic mass is 10.2. The quantitative estimate of drug-likeness (QED) is 0.790. The fourth-order valence-corrected chi connectivity index (χ4v) is 1.84. The molecule has 0 saturated heterocycles. The van der Waals surface area contributed by atoms with E-state index in [-0.39, 0.29) is 6.61 Å². The van der Waals surface area contributed by atoms with E-state index < -0.39 is 0 Å². The molecule has 0 spiro atoms. The predicted octanol–water partition coefficient (Wildman–Crippen LogP) is 1.30. The molecule has 0 saturated carbocycles. The molecule has 1 heterocycles. The molecule has 0 fully saturated rings. The third-order valence-electron chi connectivity index (χ3n) is 2.79. The van der Waals surface area contributed by atoms with E-state index in [1.54, 1.807) is 7.05 Å². The average molecular weight is 291 g/mol. The van der Waals surface area contributed by atoms with Crippen molar-refractivity contribution in [1.82, 2.24) is 25.5 Å². The summed E-state index contributed by atoms with van der Waals surface area (Å²) in [6.45, 7) is 3.77. The molecule has 7 heteroatoms. The van der Waals surface area contributed by atoms with Gasteiger partial charge in [0.15, 0.2) is 6.61 Å². The van der Waals surface area contributed by atoms with Crippen LogP contribution in [0, 0.1) is 0 Å². The van der Waals surface area contributed by atoms with E-state index in [9.17, 15) is 0 Å². The molecule has 0 aliphatic carbocycles. The molecule has 7 nitrogen and oxygen atoms in total. The average Bonchev–Trinajstić information content (AvgIpc) is 2.90. The largest absolute Gasteiger partial charge is 0.493 e. The van der Waals surface area contributed by atoms with Crippen LogP contribution >= 0.6 is 0 Å². The van der Waals surface area contributed by atoms with Gasteiger partial charge in [-0.3, -0.25) is 0 Å². The lowest BCUT2D eigenvalue weighted by Gasteiger charge is -2.12. The van der Waals surface area contributed by atoms with Crippen LogP contribution in [0.3, 0.4) is 0 Å². The van der Waals surface area contributed by atoms with E-state index in [1.165, 1.54) is 4.80 Å². The fourth-order valence-electron chi connectivity index (χ4n) is 1.84. The zero-order valence-electron chi connectivity index (χ0n) is 12.7. The number of hydrogen-bond acceptors (Lipinski definition) is 6. The van der Waals surface area contributed by atoms with Gasteiger partial charge in [-0.05, 0) is 24.7 Å². The van der Waals surface area contributed by atoms with Gasteiger partial charge in [0.2, 0.25) is 5.82 Å². The Morgan fingerprint density at radius 3 is 2.81 bits per heavy atom. The summed E-state index contributed by atoms with van der Waals surface area (Å²) in [5.41, 5.74) is 1.06. The Kier molecular flexibility index (Phi) is 5.51. The van der Waals surface area contributed by atoms with E-state index in [4.69, 9.17) is 9.47 Å². The summed E-state index contributed by atoms with van der Waals surface area (Å²) >= 11 is 0. The van der Waals surface area contributed by atoms with Crippen LogP contribution < -0.4 is 14.8 Å². The first-order valence-electron chi connectivity index (χ1n) is 6.99. The van der Waals surface area contributed by atoms with Gasteiger partial charge in [0.25, 0.3) is 0 Å². The first-order chi connectivity index (χ1) is 10.2. The summed E-state index contributed by atoms with van der Waals surface area (Å²) in [6.07, 6.45) is 0.970. The first kappa shape index (κ1) is 15.2. The molecule has 1 aromatic heterocycles. The Labute approximate surface area is 124 Å². The minimum absolute atomic E-state index is 0.280. The molecule has 1 aromatic carbocycles. The molecular formula is C14H21N5O2. The Balaban J connectivity index is 2.09. The summed E-state index contributed by atoms with van der Waals surface area (Å²) in [5, 5.41) is 14.9. The van der Waals surface area contributed by atoms with Crippen molar-refractivity contribution in [2.45, 2.75) is 26.5 Å². The van der Waals surface area contributed by atoms with E-state index in [1.807, 2.05) is 25.2 Å². The van der Waals surface area contributed by atoms with Crippen molar-refractivity contribution in [3.8, 4) is 11.5 Å². The van der Waals surface area contributed by atoms with Gasteiger partial charge in [-0.15, -0.1) is 10.2 Å². The predicted molar refractivity (Wildman–Crippen MR) is 78.1 cm³/mol. The van der Waals surface area contributed by atoms with Crippen LogP contribution in [0.4, 0.5) is 0 Å². The van der Waals surface area contributed by atoms with Crippen molar-refractivity contribution in [2.24, 2.45) is 7.05 Å². The molecule has 0 unspecified atom stereocenters. The second-order valence-electron chi connectivity index (χ2n) is 4.63. The summed E-state index contributed by atoms with van der Waals surface area (Å²) < 4.78 is 11.4. The lowest BCUT2D eigenvalue weighted by molar-refractivity contribution is 0.284. The Hall–Kier alpha value is -2.15. The fraction of sp³-hybridized carbons (Fsp3) is 0.500. The Bertz CT molecular complexity index is 570. The van der Waals surface area contributed by atoms with Crippen LogP contribution in [0.2, 0.25) is 0 Å². The van der Waals surface area contributed by atoms with Gasteiger partial charge >= 0.3 is 0 Å². The van der Waals surface area contributed by atoms with Crippen molar-refractivity contribution < 1.29 is 9.47 Å². The van der Waals surface area contributed by atoms with Gasteiger partial charge in [0.05, 0.1) is 13.7 Å². The number of aromatic nitrogens is 4. The zero-order valence-corrected chi connectivity index (χ0v) is 12.7. The van der Waals surface area contributed by atoms with Crippen LogP contribution in [-0.2, 0) is 20.2 Å². The van der Waals surface area contributed by atoms with Crippen LogP contribution in [0.1, 0.15) is 24.7 Å². The molecule has 1 N–H and O–H groups in total. The number of aryl methyl sites for hydroxylation is 1. The zero-order chi connectivity index (χ0) is 15.1. The minimum Gasteiger partial charge on any atom is -0.493 e. The van der Waals surface area contributed by atoms with Gasteiger partial charge < -0.3 is 14.8 Å². The minimum atomic E-state index is 0.280. The number of nitrogens with zero attached hydrogens (tertiary/aromatic N) is 4. The van der Waals surface area contributed by atoms with E-state index in [0.717, 1.165) is 30.0 Å². The maximum atomic E-state index is 5.81. The van der Waals surface area contributed by atoms with E-state index in [0.29, 0.717) is 12.4 Å². The molecule has 0 aliphatic rings. The third kappa shape index (κ3) is 4.42. The highest BCUT2D eigenvalue weighted by Crippen LogP contribution is 2.25. The SMILES string of the molecule is CCCOc1ccc(CNC)c(OCc2nnn(C)n2)c1. The first-order valence-corrected chi connectivity index (χ1v) is 6.99. The standard InChI is InChI=1S/C14H21N5O2/c1-4-7-20-12-6-5-11(9-15-2)13(8-12)21-10-14-16-18-19(3)17-14/h5-6,8,15H,4,7,9-10H2,1-3H3. The highest BCUT2D eigenvalue weighted by molar-refractivity contribution is 5.40. The molecule has 0 amide bonds. The summed E-state index contributed by atoms with van der Waals surface area (Å²) in [4.78, 5) is 1.41. The molecule has 0 bridgehead atoms. The second kappa shape index (κ2) is 7.58. The second-order valence-corrected chi connectivity index (χ2v) is 4.63. The molecule has 0 aliphatic heterocycles. The third-order valence-corrected chi connectivity index (χ3v) is 2.79. The lowest BCUT2D eigenvalue weighted by Crippen LogP contribution is -2.08.